The summed E-state index contributed by atoms with van der Waals surface area (Å²) in [4.78, 5) is 22.4. The summed E-state index contributed by atoms with van der Waals surface area (Å²) in [7, 11) is 0. The Bertz CT molecular complexity index is 525. The number of urea groups is 1. The van der Waals surface area contributed by atoms with E-state index in [0.29, 0.717) is 13.0 Å². The third kappa shape index (κ3) is 2.85. The summed E-state index contributed by atoms with van der Waals surface area (Å²) in [6, 6.07) is 5.47. The van der Waals surface area contributed by atoms with Crippen LogP contribution in [0.3, 0.4) is 0 Å². The fourth-order valence-corrected chi connectivity index (χ4v) is 2.10. The maximum atomic E-state index is 11.3. The summed E-state index contributed by atoms with van der Waals surface area (Å²) in [5.74, 6) is 5.04. The highest BCUT2D eigenvalue weighted by Gasteiger charge is 2.25. The molecule has 0 unspecified atom stereocenters. The van der Waals surface area contributed by atoms with Crippen LogP contribution in [0.15, 0.2) is 18.2 Å². The van der Waals surface area contributed by atoms with Crippen molar-refractivity contribution in [3.05, 3.63) is 29.3 Å². The van der Waals surface area contributed by atoms with Gasteiger partial charge in [0.2, 0.25) is 5.91 Å². The largest absolute Gasteiger partial charge is 0.336 e. The Kier molecular flexibility index (Phi) is 3.44. The minimum absolute atomic E-state index is 0.0191. The molecule has 102 valence electrons. The Balaban J connectivity index is 2.15. The maximum absolute atomic E-state index is 11.3. The van der Waals surface area contributed by atoms with E-state index >= 15 is 0 Å². The summed E-state index contributed by atoms with van der Waals surface area (Å²) in [6.07, 6.45) is 0.413. The number of hydrogen-bond donors (Lipinski definition) is 4. The number of fused-ring (bicyclic) bond motifs is 1. The van der Waals surface area contributed by atoms with Crippen LogP contribution in [0.25, 0.3) is 0 Å². The van der Waals surface area contributed by atoms with E-state index in [1.54, 1.807) is 0 Å². The highest BCUT2D eigenvalue weighted by atomic mass is 16.2. The van der Waals surface area contributed by atoms with Gasteiger partial charge in [-0.25, -0.2) is 10.6 Å². The highest BCUT2D eigenvalue weighted by Crippen LogP contribution is 2.29. The minimum Gasteiger partial charge on any atom is -0.336 e. The molecule has 0 atom stereocenters. The third-order valence-corrected chi connectivity index (χ3v) is 3.33. The molecule has 1 heterocycles. The zero-order chi connectivity index (χ0) is 14.0. The van der Waals surface area contributed by atoms with E-state index < -0.39 is 6.03 Å². The molecule has 19 heavy (non-hydrogen) atoms. The van der Waals surface area contributed by atoms with Crippen molar-refractivity contribution >= 4 is 17.6 Å². The van der Waals surface area contributed by atoms with E-state index in [4.69, 9.17) is 5.84 Å². The first kappa shape index (κ1) is 13.4. The first-order valence-corrected chi connectivity index (χ1v) is 6.10. The number of benzene rings is 1. The number of nitrogens with one attached hydrogen (secondary N) is 3. The van der Waals surface area contributed by atoms with E-state index in [1.165, 1.54) is 0 Å². The summed E-state index contributed by atoms with van der Waals surface area (Å²) >= 11 is 0. The number of anilines is 1. The van der Waals surface area contributed by atoms with E-state index in [2.05, 4.69) is 10.6 Å². The van der Waals surface area contributed by atoms with Gasteiger partial charge in [0, 0.05) is 17.6 Å². The van der Waals surface area contributed by atoms with E-state index in [0.717, 1.165) is 16.8 Å². The molecule has 0 spiro atoms. The molecule has 0 bridgehead atoms. The summed E-state index contributed by atoms with van der Waals surface area (Å²) in [5, 5.41) is 5.49. The van der Waals surface area contributed by atoms with Crippen molar-refractivity contribution in [1.29, 1.82) is 0 Å². The van der Waals surface area contributed by atoms with Gasteiger partial charge in [-0.05, 0) is 17.2 Å². The molecule has 6 heteroatoms. The first-order chi connectivity index (χ1) is 8.92. The molecule has 1 aliphatic heterocycles. The molecule has 1 aromatic carbocycles. The Morgan fingerprint density at radius 3 is 2.89 bits per heavy atom. The predicted molar refractivity (Wildman–Crippen MR) is 72.5 cm³/mol. The van der Waals surface area contributed by atoms with Crippen molar-refractivity contribution in [1.82, 2.24) is 10.7 Å². The van der Waals surface area contributed by atoms with Crippen LogP contribution in [0.2, 0.25) is 0 Å². The molecule has 0 radical (unpaired) electrons. The quantitative estimate of drug-likeness (QED) is 0.365. The second-order valence-corrected chi connectivity index (χ2v) is 5.31. The molecule has 0 aliphatic carbocycles. The van der Waals surface area contributed by atoms with Crippen LogP contribution >= 0.6 is 0 Å². The molecular weight excluding hydrogens is 244 g/mol. The third-order valence-electron chi connectivity index (χ3n) is 3.33. The SMILES string of the molecule is CC(C)(CNC(=O)NN)c1ccc2c(c1)CC(=O)N2. The summed E-state index contributed by atoms with van der Waals surface area (Å²) in [5.41, 5.74) is 4.73. The number of nitrogens with two attached hydrogens (primary N) is 1. The molecule has 0 saturated carbocycles. The lowest BCUT2D eigenvalue weighted by Gasteiger charge is -2.26. The Morgan fingerprint density at radius 2 is 2.21 bits per heavy atom. The van der Waals surface area contributed by atoms with Crippen molar-refractivity contribution in [2.24, 2.45) is 5.84 Å². The Labute approximate surface area is 111 Å². The Morgan fingerprint density at radius 1 is 1.47 bits per heavy atom. The van der Waals surface area contributed by atoms with Gasteiger partial charge in [-0.1, -0.05) is 26.0 Å². The molecule has 5 N–H and O–H groups in total. The van der Waals surface area contributed by atoms with E-state index in [1.807, 2.05) is 37.5 Å². The minimum atomic E-state index is -0.411. The van der Waals surface area contributed by atoms with E-state index in [-0.39, 0.29) is 11.3 Å². The maximum Gasteiger partial charge on any atom is 0.328 e. The van der Waals surface area contributed by atoms with Crippen molar-refractivity contribution in [2.75, 3.05) is 11.9 Å². The normalized spacial score (nSPS) is 13.7. The number of hydrogen-bond acceptors (Lipinski definition) is 3. The molecule has 2 rings (SSSR count). The number of carbonyl (C=O) groups excluding carboxylic acids is 2. The second kappa shape index (κ2) is 4.89. The van der Waals surface area contributed by atoms with Gasteiger partial charge in [-0.3, -0.25) is 10.2 Å². The van der Waals surface area contributed by atoms with Gasteiger partial charge in [-0.2, -0.15) is 0 Å². The van der Waals surface area contributed by atoms with Crippen molar-refractivity contribution in [2.45, 2.75) is 25.7 Å². The summed E-state index contributed by atoms with van der Waals surface area (Å²) < 4.78 is 0. The van der Waals surface area contributed by atoms with Crippen LogP contribution in [0.1, 0.15) is 25.0 Å². The average molecular weight is 262 g/mol. The van der Waals surface area contributed by atoms with Crippen LogP contribution in [-0.2, 0) is 16.6 Å². The highest BCUT2D eigenvalue weighted by molar-refractivity contribution is 5.99. The van der Waals surface area contributed by atoms with Gasteiger partial charge < -0.3 is 10.6 Å². The van der Waals surface area contributed by atoms with Crippen molar-refractivity contribution < 1.29 is 9.59 Å². The van der Waals surface area contributed by atoms with Crippen LogP contribution < -0.4 is 21.9 Å². The number of hydrazine groups is 1. The van der Waals surface area contributed by atoms with Gasteiger partial charge in [-0.15, -0.1) is 0 Å². The predicted octanol–water partition coefficient (Wildman–Crippen LogP) is 0.632. The van der Waals surface area contributed by atoms with Crippen LogP contribution in [-0.4, -0.2) is 18.5 Å². The van der Waals surface area contributed by atoms with Gasteiger partial charge in [0.05, 0.1) is 6.42 Å². The van der Waals surface area contributed by atoms with Crippen molar-refractivity contribution in [3.8, 4) is 0 Å². The molecule has 3 amide bonds. The lowest BCUT2D eigenvalue weighted by Crippen LogP contribution is -2.44. The van der Waals surface area contributed by atoms with E-state index in [9.17, 15) is 9.59 Å². The fraction of sp³-hybridized carbons (Fsp3) is 0.385. The molecule has 1 aliphatic rings. The number of rotatable bonds is 3. The standard InChI is InChI=1S/C13H18N4O2/c1-13(2,7-15-12(19)17-14)9-3-4-10-8(5-9)6-11(18)16-10/h3-5H,6-7,14H2,1-2H3,(H,16,18)(H2,15,17,19). The summed E-state index contributed by atoms with van der Waals surface area (Å²) in [6.45, 7) is 4.50. The lowest BCUT2D eigenvalue weighted by molar-refractivity contribution is -0.115. The van der Waals surface area contributed by atoms with Gasteiger partial charge >= 0.3 is 6.03 Å². The molecule has 6 nitrogen and oxygen atoms in total. The molecule has 1 aromatic rings. The molecular formula is C13H18N4O2. The van der Waals surface area contributed by atoms with Gasteiger partial charge in [0.25, 0.3) is 0 Å². The number of amides is 3. The van der Waals surface area contributed by atoms with Crippen LogP contribution in [0.4, 0.5) is 10.5 Å². The van der Waals surface area contributed by atoms with Gasteiger partial charge in [0.1, 0.15) is 0 Å². The second-order valence-electron chi connectivity index (χ2n) is 5.31. The number of carbonyl (C=O) groups is 2. The monoisotopic (exact) mass is 262 g/mol. The first-order valence-electron chi connectivity index (χ1n) is 6.10. The molecule has 0 fully saturated rings. The fourth-order valence-electron chi connectivity index (χ4n) is 2.10. The zero-order valence-electron chi connectivity index (χ0n) is 11.0. The topological polar surface area (TPSA) is 96.2 Å². The Hall–Kier alpha value is -2.08. The molecule has 0 saturated heterocycles. The smallest absolute Gasteiger partial charge is 0.328 e. The van der Waals surface area contributed by atoms with Crippen LogP contribution in [0.5, 0.6) is 0 Å². The zero-order valence-corrected chi connectivity index (χ0v) is 11.0. The molecule has 0 aromatic heterocycles. The average Bonchev–Trinajstić information content (AvgIpc) is 2.74. The lowest BCUT2D eigenvalue weighted by atomic mass is 9.83. The van der Waals surface area contributed by atoms with Crippen molar-refractivity contribution in [3.63, 3.8) is 0 Å². The van der Waals surface area contributed by atoms with Gasteiger partial charge in [0.15, 0.2) is 0 Å². The van der Waals surface area contributed by atoms with Crippen LogP contribution in [0, 0.1) is 0 Å².